The van der Waals surface area contributed by atoms with Gasteiger partial charge in [0.25, 0.3) is 0 Å². The quantitative estimate of drug-likeness (QED) is 0.189. The molecule has 0 unspecified atom stereocenters. The summed E-state index contributed by atoms with van der Waals surface area (Å²) in [7, 11) is 0. The van der Waals surface area contributed by atoms with E-state index in [-0.39, 0.29) is 0 Å². The smallest absolute Gasteiger partial charge is 0.135 e. The van der Waals surface area contributed by atoms with E-state index in [2.05, 4.69) is 144 Å². The van der Waals surface area contributed by atoms with Gasteiger partial charge in [-0.25, -0.2) is 0 Å². The zero-order valence-corrected chi connectivity index (χ0v) is 27.6. The summed E-state index contributed by atoms with van der Waals surface area (Å²) in [5, 5.41) is 9.64. The molecule has 3 aromatic heterocycles. The minimum Gasteiger partial charge on any atom is -0.456 e. The summed E-state index contributed by atoms with van der Waals surface area (Å²) in [5.41, 5.74) is 9.11. The Morgan fingerprint density at radius 1 is 0.360 bits per heavy atom. The van der Waals surface area contributed by atoms with Gasteiger partial charge in [-0.05, 0) is 101 Å². The van der Waals surface area contributed by atoms with E-state index in [9.17, 15) is 0 Å². The lowest BCUT2D eigenvalue weighted by Gasteiger charge is -2.26. The molecule has 0 saturated carbocycles. The third-order valence-corrected chi connectivity index (χ3v) is 11.2. The lowest BCUT2D eigenvalue weighted by atomic mass is 9.98. The van der Waals surface area contributed by atoms with Gasteiger partial charge in [-0.1, -0.05) is 84.9 Å². The van der Waals surface area contributed by atoms with Crippen LogP contribution in [0.3, 0.4) is 0 Å². The van der Waals surface area contributed by atoms with E-state index in [1.807, 2.05) is 35.6 Å². The Morgan fingerprint density at radius 2 is 0.900 bits per heavy atom. The maximum Gasteiger partial charge on any atom is 0.135 e. The average Bonchev–Trinajstić information content (AvgIpc) is 3.86. The largest absolute Gasteiger partial charge is 0.456 e. The Morgan fingerprint density at radius 3 is 1.58 bits per heavy atom. The number of thiophene rings is 1. The third kappa shape index (κ3) is 4.16. The van der Waals surface area contributed by atoms with E-state index in [1.54, 1.807) is 0 Å². The summed E-state index contributed by atoms with van der Waals surface area (Å²) in [6.07, 6.45) is 0. The summed E-state index contributed by atoms with van der Waals surface area (Å²) < 4.78 is 15.1. The predicted octanol–water partition coefficient (Wildman–Crippen LogP) is 14.1. The van der Waals surface area contributed by atoms with Gasteiger partial charge in [0.2, 0.25) is 0 Å². The Balaban J connectivity index is 1.07. The normalized spacial score (nSPS) is 12.0. The van der Waals surface area contributed by atoms with E-state index < -0.39 is 0 Å². The van der Waals surface area contributed by atoms with E-state index in [4.69, 9.17) is 8.83 Å². The molecule has 50 heavy (non-hydrogen) atoms. The molecule has 8 aromatic carbocycles. The second-order valence-corrected chi connectivity index (χ2v) is 14.0. The highest BCUT2D eigenvalue weighted by Crippen LogP contribution is 2.43. The summed E-state index contributed by atoms with van der Waals surface area (Å²) in [6.45, 7) is 0. The van der Waals surface area contributed by atoms with Gasteiger partial charge in [0.15, 0.2) is 0 Å². The number of fused-ring (bicyclic) bond motifs is 11. The Hall–Kier alpha value is -6.36. The first kappa shape index (κ1) is 27.6. The van der Waals surface area contributed by atoms with Crippen molar-refractivity contribution in [3.63, 3.8) is 0 Å². The van der Waals surface area contributed by atoms with Gasteiger partial charge in [-0.3, -0.25) is 0 Å². The number of anilines is 3. The molecule has 0 N–H and O–H groups in total. The highest BCUT2D eigenvalue weighted by molar-refractivity contribution is 7.26. The summed E-state index contributed by atoms with van der Waals surface area (Å²) >= 11 is 1.87. The fraction of sp³-hybridized carbons (Fsp3) is 0. The highest BCUT2D eigenvalue weighted by Gasteiger charge is 2.18. The van der Waals surface area contributed by atoms with E-state index in [0.29, 0.717) is 0 Å². The van der Waals surface area contributed by atoms with Crippen LogP contribution in [0.15, 0.2) is 173 Å². The van der Waals surface area contributed by atoms with E-state index in [0.717, 1.165) is 60.9 Å². The number of rotatable bonds is 4. The number of nitrogens with zero attached hydrogens (tertiary/aromatic N) is 1. The molecule has 0 amide bonds. The number of benzene rings is 8. The monoisotopic (exact) mass is 657 g/mol. The lowest BCUT2D eigenvalue weighted by Crippen LogP contribution is -2.09. The second-order valence-electron chi connectivity index (χ2n) is 12.9. The van der Waals surface area contributed by atoms with Crippen LogP contribution in [0.4, 0.5) is 17.1 Å². The first-order valence-corrected chi connectivity index (χ1v) is 17.6. The zero-order valence-electron chi connectivity index (χ0n) is 26.8. The van der Waals surface area contributed by atoms with Crippen LogP contribution in [0.5, 0.6) is 0 Å². The van der Waals surface area contributed by atoms with Crippen molar-refractivity contribution in [2.24, 2.45) is 0 Å². The lowest BCUT2D eigenvalue weighted by molar-refractivity contribution is 0.668. The van der Waals surface area contributed by atoms with Gasteiger partial charge >= 0.3 is 0 Å². The molecule has 11 rings (SSSR count). The van der Waals surface area contributed by atoms with Gasteiger partial charge in [-0.2, -0.15) is 0 Å². The molecule has 0 fully saturated rings. The van der Waals surface area contributed by atoms with Crippen LogP contribution in [0.1, 0.15) is 0 Å². The predicted molar refractivity (Wildman–Crippen MR) is 212 cm³/mol. The second kappa shape index (κ2) is 10.6. The van der Waals surface area contributed by atoms with Crippen LogP contribution < -0.4 is 4.90 Å². The average molecular weight is 658 g/mol. The van der Waals surface area contributed by atoms with Crippen LogP contribution in [0, 0.1) is 0 Å². The van der Waals surface area contributed by atoms with Gasteiger partial charge in [-0.15, -0.1) is 11.3 Å². The number of hydrogen-bond donors (Lipinski definition) is 0. The molecule has 0 aliphatic carbocycles. The Labute approximate surface area is 290 Å². The SMILES string of the molecule is c1ccc2c(c1)oc1ccc(N(c3ccc(-c4ccc5ccc6sc7ccccc7c6c5c4)cc3)c3ccc4oc5ccccc5c4c3)cc12. The zero-order chi connectivity index (χ0) is 32.8. The molecular weight excluding hydrogens is 631 g/mol. The van der Waals surface area contributed by atoms with Crippen molar-refractivity contribution in [1.82, 2.24) is 0 Å². The summed E-state index contributed by atoms with van der Waals surface area (Å²) in [5.74, 6) is 0. The van der Waals surface area contributed by atoms with Gasteiger partial charge < -0.3 is 13.7 Å². The number of para-hydroxylation sites is 2. The molecule has 3 heterocycles. The van der Waals surface area contributed by atoms with E-state index in [1.165, 1.54) is 42.1 Å². The molecule has 0 bridgehead atoms. The third-order valence-electron chi connectivity index (χ3n) is 10.1. The number of furan rings is 2. The minimum absolute atomic E-state index is 0.880. The van der Waals surface area contributed by atoms with Gasteiger partial charge in [0.05, 0.1) is 0 Å². The van der Waals surface area contributed by atoms with Gasteiger partial charge in [0, 0.05) is 58.8 Å². The molecule has 0 aliphatic heterocycles. The molecule has 0 saturated heterocycles. The van der Waals surface area contributed by atoms with Crippen molar-refractivity contribution in [2.45, 2.75) is 0 Å². The topological polar surface area (TPSA) is 29.5 Å². The standard InChI is InChI=1S/C46H27NO2S/c1-4-10-40-34(7-1)38-26-32(20-22-42(38)48-40)47(33-21-23-43-39(27-33)35-8-2-5-11-41(35)49-43)31-18-15-28(16-19-31)30-14-13-29-17-24-45-46(37(29)25-30)36-9-3-6-12-44(36)50-45/h1-27H. The molecule has 234 valence electrons. The van der Waals surface area contributed by atoms with Crippen molar-refractivity contribution < 1.29 is 8.83 Å². The van der Waals surface area contributed by atoms with Crippen LogP contribution >= 0.6 is 11.3 Å². The first-order valence-electron chi connectivity index (χ1n) is 16.8. The Bertz CT molecular complexity index is 2990. The summed E-state index contributed by atoms with van der Waals surface area (Å²) in [6, 6.07) is 58.5. The molecule has 0 radical (unpaired) electrons. The van der Waals surface area contributed by atoms with Crippen molar-refractivity contribution in [3.05, 3.63) is 164 Å². The maximum absolute atomic E-state index is 6.20. The van der Waals surface area contributed by atoms with Crippen molar-refractivity contribution in [2.75, 3.05) is 4.90 Å². The van der Waals surface area contributed by atoms with E-state index >= 15 is 0 Å². The van der Waals surface area contributed by atoms with Crippen LogP contribution in [0.2, 0.25) is 0 Å². The minimum atomic E-state index is 0.880. The molecular formula is C46H27NO2S. The van der Waals surface area contributed by atoms with Crippen molar-refractivity contribution >= 4 is 103 Å². The molecule has 3 nitrogen and oxygen atoms in total. The first-order chi connectivity index (χ1) is 24.7. The molecule has 11 aromatic rings. The van der Waals surface area contributed by atoms with Crippen LogP contribution in [-0.2, 0) is 0 Å². The van der Waals surface area contributed by atoms with Crippen LogP contribution in [0.25, 0.3) is 85.9 Å². The van der Waals surface area contributed by atoms with Crippen LogP contribution in [-0.4, -0.2) is 0 Å². The van der Waals surface area contributed by atoms with Gasteiger partial charge in [0.1, 0.15) is 22.3 Å². The molecule has 4 heteroatoms. The molecule has 0 aliphatic rings. The number of hydrogen-bond acceptors (Lipinski definition) is 4. The van der Waals surface area contributed by atoms with Crippen molar-refractivity contribution in [3.8, 4) is 11.1 Å². The Kier molecular flexibility index (Phi) is 5.83. The molecule has 0 spiro atoms. The fourth-order valence-electron chi connectivity index (χ4n) is 7.68. The molecule has 0 atom stereocenters. The summed E-state index contributed by atoms with van der Waals surface area (Å²) in [4.78, 5) is 2.33. The fourth-order valence-corrected chi connectivity index (χ4v) is 8.80. The van der Waals surface area contributed by atoms with Crippen molar-refractivity contribution in [1.29, 1.82) is 0 Å². The maximum atomic E-state index is 6.20. The highest BCUT2D eigenvalue weighted by atomic mass is 32.1.